The van der Waals surface area contributed by atoms with Gasteiger partial charge in [0.1, 0.15) is 11.9 Å². The molecule has 16 heavy (non-hydrogen) atoms. The van der Waals surface area contributed by atoms with Crippen molar-refractivity contribution in [2.45, 2.75) is 19.4 Å². The molecule has 1 aliphatic rings. The second-order valence-electron chi connectivity index (χ2n) is 4.14. The number of ether oxygens (including phenoxy) is 1. The highest BCUT2D eigenvalue weighted by Crippen LogP contribution is 2.21. The van der Waals surface area contributed by atoms with Crippen LogP contribution < -0.4 is 9.30 Å². The second kappa shape index (κ2) is 3.67. The molecule has 1 aliphatic heterocycles. The van der Waals surface area contributed by atoms with Gasteiger partial charge in [0.15, 0.2) is 5.69 Å². The molecule has 0 saturated carbocycles. The van der Waals surface area contributed by atoms with E-state index >= 15 is 0 Å². The number of hydrogen-bond donors (Lipinski definition) is 1. The summed E-state index contributed by atoms with van der Waals surface area (Å²) < 4.78 is 7.46. The zero-order valence-corrected chi connectivity index (χ0v) is 9.36. The summed E-state index contributed by atoms with van der Waals surface area (Å²) in [6, 6.07) is 8.15. The van der Waals surface area contributed by atoms with Gasteiger partial charge < -0.3 is 4.74 Å². The number of aromatic amines is 1. The van der Waals surface area contributed by atoms with Crippen molar-refractivity contribution < 1.29 is 9.30 Å². The van der Waals surface area contributed by atoms with E-state index in [9.17, 15) is 0 Å². The summed E-state index contributed by atoms with van der Waals surface area (Å²) in [5.74, 6) is 2.24. The number of nitrogens with zero attached hydrogens (tertiary/aromatic N) is 1. The Labute approximate surface area is 94.7 Å². The third-order valence-corrected chi connectivity index (χ3v) is 3.12. The molecule has 0 amide bonds. The third-order valence-electron chi connectivity index (χ3n) is 3.12. The Hall–Kier alpha value is -1.77. The number of rotatable bonds is 2. The summed E-state index contributed by atoms with van der Waals surface area (Å²) in [6.45, 7) is 1.14. The van der Waals surface area contributed by atoms with Gasteiger partial charge in [0.25, 0.3) is 5.82 Å². The third kappa shape index (κ3) is 1.48. The minimum atomic E-state index is 0.899. The molecule has 2 aromatic rings. The van der Waals surface area contributed by atoms with Gasteiger partial charge in [0, 0.05) is 5.56 Å². The highest BCUT2D eigenvalue weighted by atomic mass is 16.5. The molecule has 0 fully saturated rings. The number of H-pyrrole nitrogens is 1. The first-order valence-electron chi connectivity index (χ1n) is 5.62. The first kappa shape index (κ1) is 9.46. The smallest absolute Gasteiger partial charge is 0.254 e. The van der Waals surface area contributed by atoms with Crippen molar-refractivity contribution >= 4 is 0 Å². The van der Waals surface area contributed by atoms with Crippen LogP contribution in [-0.4, -0.2) is 12.1 Å². The van der Waals surface area contributed by atoms with Crippen LogP contribution in [-0.2, 0) is 13.0 Å². The number of imidazole rings is 1. The Kier molecular flexibility index (Phi) is 2.17. The van der Waals surface area contributed by atoms with Gasteiger partial charge in [-0.2, -0.15) is 0 Å². The Balaban J connectivity index is 1.95. The van der Waals surface area contributed by atoms with Crippen molar-refractivity contribution in [3.05, 3.63) is 36.3 Å². The fourth-order valence-electron chi connectivity index (χ4n) is 2.23. The molecule has 3 rings (SSSR count). The monoisotopic (exact) mass is 215 g/mol. The van der Waals surface area contributed by atoms with Crippen molar-refractivity contribution in [1.29, 1.82) is 0 Å². The minimum Gasteiger partial charge on any atom is -0.497 e. The van der Waals surface area contributed by atoms with Gasteiger partial charge in [-0.1, -0.05) is 0 Å². The van der Waals surface area contributed by atoms with E-state index in [1.54, 1.807) is 7.11 Å². The topological polar surface area (TPSA) is 28.9 Å². The lowest BCUT2D eigenvalue weighted by Crippen LogP contribution is -2.29. The summed E-state index contributed by atoms with van der Waals surface area (Å²) in [5, 5.41) is 0. The van der Waals surface area contributed by atoms with E-state index in [0.717, 1.165) is 18.7 Å². The maximum atomic E-state index is 5.15. The van der Waals surface area contributed by atoms with Gasteiger partial charge in [0.2, 0.25) is 0 Å². The van der Waals surface area contributed by atoms with Crippen LogP contribution in [0, 0.1) is 0 Å². The largest absolute Gasteiger partial charge is 0.497 e. The quantitative estimate of drug-likeness (QED) is 0.762. The van der Waals surface area contributed by atoms with Gasteiger partial charge in [-0.3, -0.25) is 0 Å². The average molecular weight is 215 g/mol. The van der Waals surface area contributed by atoms with Gasteiger partial charge in [0.05, 0.1) is 20.1 Å². The molecule has 0 spiro atoms. The lowest BCUT2D eigenvalue weighted by Gasteiger charge is -1.99. The average Bonchev–Trinajstić information content (AvgIpc) is 2.89. The van der Waals surface area contributed by atoms with Crippen molar-refractivity contribution in [3.63, 3.8) is 0 Å². The van der Waals surface area contributed by atoms with E-state index in [1.807, 2.05) is 12.1 Å². The number of hydrogen-bond acceptors (Lipinski definition) is 1. The van der Waals surface area contributed by atoms with Crippen LogP contribution in [0.1, 0.15) is 12.2 Å². The predicted octanol–water partition coefficient (Wildman–Crippen LogP) is 1.92. The van der Waals surface area contributed by atoms with Crippen molar-refractivity contribution in [2.24, 2.45) is 0 Å². The number of nitrogens with one attached hydrogen (secondary N) is 1. The maximum absolute atomic E-state index is 5.15. The lowest BCUT2D eigenvalue weighted by molar-refractivity contribution is -0.689. The van der Waals surface area contributed by atoms with E-state index in [2.05, 4.69) is 27.9 Å². The Morgan fingerprint density at radius 2 is 2.06 bits per heavy atom. The Bertz CT molecular complexity index is 478. The SMILES string of the molecule is COc1ccc(-c2c[n+]3c([nH]2)CCC3)cc1. The van der Waals surface area contributed by atoms with Crippen LogP contribution in [0.5, 0.6) is 5.75 Å². The van der Waals surface area contributed by atoms with Gasteiger partial charge >= 0.3 is 0 Å². The normalized spacial score (nSPS) is 13.8. The fraction of sp³-hybridized carbons (Fsp3) is 0.308. The standard InChI is InChI=1S/C13H14N2O/c1-16-11-6-4-10(5-7-11)12-9-15-8-2-3-13(15)14-12/h4-7,9H,2-3,8H2,1H3/p+1. The van der Waals surface area contributed by atoms with Gasteiger partial charge in [-0.05, 0) is 30.7 Å². The summed E-state index contributed by atoms with van der Waals surface area (Å²) >= 11 is 0. The number of aromatic nitrogens is 2. The van der Waals surface area contributed by atoms with Crippen LogP contribution in [0.3, 0.4) is 0 Å². The molecule has 1 aromatic carbocycles. The molecule has 0 unspecified atom stereocenters. The van der Waals surface area contributed by atoms with Crippen LogP contribution in [0.2, 0.25) is 0 Å². The van der Waals surface area contributed by atoms with Crippen LogP contribution >= 0.6 is 0 Å². The second-order valence-corrected chi connectivity index (χ2v) is 4.14. The molecule has 82 valence electrons. The highest BCUT2D eigenvalue weighted by Gasteiger charge is 2.21. The molecule has 2 heterocycles. The first-order chi connectivity index (χ1) is 7.86. The number of aryl methyl sites for hydroxylation is 2. The molecule has 3 nitrogen and oxygen atoms in total. The predicted molar refractivity (Wildman–Crippen MR) is 61.3 cm³/mol. The zero-order valence-electron chi connectivity index (χ0n) is 9.36. The lowest BCUT2D eigenvalue weighted by atomic mass is 10.1. The van der Waals surface area contributed by atoms with Gasteiger partial charge in [-0.15, -0.1) is 0 Å². The molecular weight excluding hydrogens is 200 g/mol. The molecule has 0 saturated heterocycles. The molecule has 3 heteroatoms. The Morgan fingerprint density at radius 1 is 1.25 bits per heavy atom. The summed E-state index contributed by atoms with van der Waals surface area (Å²) in [6.07, 6.45) is 4.62. The molecule has 1 N–H and O–H groups in total. The van der Waals surface area contributed by atoms with Crippen LogP contribution in [0.15, 0.2) is 30.5 Å². The number of fused-ring (bicyclic) bond motifs is 1. The zero-order chi connectivity index (χ0) is 11.0. The number of benzene rings is 1. The molecule has 0 atom stereocenters. The van der Waals surface area contributed by atoms with Gasteiger partial charge in [-0.25, -0.2) is 9.55 Å². The highest BCUT2D eigenvalue weighted by molar-refractivity contribution is 5.58. The summed E-state index contributed by atoms with van der Waals surface area (Å²) in [5.41, 5.74) is 2.40. The minimum absolute atomic E-state index is 0.899. The van der Waals surface area contributed by atoms with E-state index in [4.69, 9.17) is 4.74 Å². The molecular formula is C13H15N2O+. The molecule has 1 aromatic heterocycles. The van der Waals surface area contributed by atoms with E-state index in [1.165, 1.54) is 23.5 Å². The van der Waals surface area contributed by atoms with Crippen molar-refractivity contribution in [1.82, 2.24) is 4.98 Å². The first-order valence-corrected chi connectivity index (χ1v) is 5.62. The van der Waals surface area contributed by atoms with Crippen molar-refractivity contribution in [3.8, 4) is 17.0 Å². The van der Waals surface area contributed by atoms with Crippen LogP contribution in [0.4, 0.5) is 0 Å². The van der Waals surface area contributed by atoms with Crippen molar-refractivity contribution in [2.75, 3.05) is 7.11 Å². The molecule has 0 bridgehead atoms. The van der Waals surface area contributed by atoms with E-state index in [0.29, 0.717) is 0 Å². The van der Waals surface area contributed by atoms with Crippen LogP contribution in [0.25, 0.3) is 11.3 Å². The van der Waals surface area contributed by atoms with E-state index in [-0.39, 0.29) is 0 Å². The maximum Gasteiger partial charge on any atom is 0.254 e. The fourth-order valence-corrected chi connectivity index (χ4v) is 2.23. The number of methoxy groups -OCH3 is 1. The Morgan fingerprint density at radius 3 is 2.75 bits per heavy atom. The molecule has 0 aliphatic carbocycles. The summed E-state index contributed by atoms with van der Waals surface area (Å²) in [7, 11) is 1.69. The van der Waals surface area contributed by atoms with E-state index < -0.39 is 0 Å². The molecule has 0 radical (unpaired) electrons. The summed E-state index contributed by atoms with van der Waals surface area (Å²) in [4.78, 5) is 3.47.